The van der Waals surface area contributed by atoms with Crippen LogP contribution in [0.3, 0.4) is 0 Å². The summed E-state index contributed by atoms with van der Waals surface area (Å²) in [6, 6.07) is 10.8. The van der Waals surface area contributed by atoms with Crippen LogP contribution < -0.4 is 4.74 Å². The van der Waals surface area contributed by atoms with Gasteiger partial charge in [0, 0.05) is 31.8 Å². The first kappa shape index (κ1) is 22.2. The summed E-state index contributed by atoms with van der Waals surface area (Å²) in [5.74, 6) is 1.14. The van der Waals surface area contributed by atoms with E-state index in [4.69, 9.17) is 9.47 Å². The van der Waals surface area contributed by atoms with Gasteiger partial charge in [-0.3, -0.25) is 10.1 Å². The van der Waals surface area contributed by atoms with Crippen molar-refractivity contribution in [3.8, 4) is 5.75 Å². The molecule has 1 fully saturated rings. The first-order valence-corrected chi connectivity index (χ1v) is 11.8. The standard InChI is InChI=1S/C21H24N4O6S/c1-2-9-24-20-8-7-18(32(28,29)23-10-12-30-13-11-23)14-19(20)22-21(24)15-31-17-5-3-16(4-6-17)25(26)27/h3-8,14H,2,9-13,15H2,1H3. The first-order valence-electron chi connectivity index (χ1n) is 10.3. The van der Waals surface area contributed by atoms with Gasteiger partial charge in [-0.25, -0.2) is 13.4 Å². The van der Waals surface area contributed by atoms with Gasteiger partial charge in [-0.05, 0) is 36.8 Å². The fourth-order valence-electron chi connectivity index (χ4n) is 3.65. The van der Waals surface area contributed by atoms with Gasteiger partial charge in [0.25, 0.3) is 5.69 Å². The smallest absolute Gasteiger partial charge is 0.269 e. The number of hydrogen-bond acceptors (Lipinski definition) is 7. The van der Waals surface area contributed by atoms with Crippen molar-refractivity contribution < 1.29 is 22.8 Å². The molecule has 1 aliphatic rings. The number of nitro benzene ring substituents is 1. The van der Waals surface area contributed by atoms with Crippen LogP contribution in [0.4, 0.5) is 5.69 Å². The second-order valence-electron chi connectivity index (χ2n) is 7.39. The molecule has 2 heterocycles. The van der Waals surface area contributed by atoms with E-state index in [-0.39, 0.29) is 17.2 Å². The number of nitrogens with zero attached hydrogens (tertiary/aromatic N) is 4. The third-order valence-corrected chi connectivity index (χ3v) is 7.16. The van der Waals surface area contributed by atoms with E-state index >= 15 is 0 Å². The number of aromatic nitrogens is 2. The Morgan fingerprint density at radius 3 is 2.53 bits per heavy atom. The lowest BCUT2D eigenvalue weighted by molar-refractivity contribution is -0.384. The highest BCUT2D eigenvalue weighted by molar-refractivity contribution is 7.89. The summed E-state index contributed by atoms with van der Waals surface area (Å²) in [7, 11) is -3.62. The van der Waals surface area contributed by atoms with Gasteiger partial charge < -0.3 is 14.0 Å². The first-order chi connectivity index (χ1) is 15.4. The Bertz CT molecular complexity index is 1220. The molecule has 4 rings (SSSR count). The third kappa shape index (κ3) is 4.45. The van der Waals surface area contributed by atoms with Crippen molar-refractivity contribution >= 4 is 26.7 Å². The Morgan fingerprint density at radius 2 is 1.88 bits per heavy atom. The SMILES string of the molecule is CCCn1c(COc2ccc([N+](=O)[O-])cc2)nc2cc(S(=O)(=O)N3CCOCC3)ccc21. The molecule has 10 nitrogen and oxygen atoms in total. The predicted molar refractivity (Wildman–Crippen MR) is 117 cm³/mol. The summed E-state index contributed by atoms with van der Waals surface area (Å²) in [5, 5.41) is 10.8. The van der Waals surface area contributed by atoms with E-state index in [0.717, 1.165) is 11.9 Å². The second-order valence-corrected chi connectivity index (χ2v) is 9.32. The molecular weight excluding hydrogens is 436 g/mol. The van der Waals surface area contributed by atoms with Crippen LogP contribution in [0.2, 0.25) is 0 Å². The van der Waals surface area contributed by atoms with Gasteiger partial charge in [0.2, 0.25) is 10.0 Å². The van der Waals surface area contributed by atoms with Crippen molar-refractivity contribution in [1.82, 2.24) is 13.9 Å². The van der Waals surface area contributed by atoms with E-state index < -0.39 is 14.9 Å². The number of benzene rings is 2. The van der Waals surface area contributed by atoms with Gasteiger partial charge in [0.1, 0.15) is 18.2 Å². The summed E-state index contributed by atoms with van der Waals surface area (Å²) in [6.45, 7) is 4.33. The molecule has 1 saturated heterocycles. The van der Waals surface area contributed by atoms with Crippen LogP contribution in [0, 0.1) is 10.1 Å². The maximum atomic E-state index is 13.0. The molecule has 11 heteroatoms. The summed E-state index contributed by atoms with van der Waals surface area (Å²) < 4.78 is 40.5. The Labute approximate surface area is 185 Å². The third-order valence-electron chi connectivity index (χ3n) is 5.27. The molecule has 0 saturated carbocycles. The van der Waals surface area contributed by atoms with Crippen molar-refractivity contribution in [3.05, 3.63) is 58.4 Å². The number of nitro groups is 1. The fraction of sp³-hybridized carbons (Fsp3) is 0.381. The molecule has 0 bridgehead atoms. The maximum Gasteiger partial charge on any atom is 0.269 e. The van der Waals surface area contributed by atoms with E-state index in [2.05, 4.69) is 4.98 Å². The molecule has 0 atom stereocenters. The number of morpholine rings is 1. The highest BCUT2D eigenvalue weighted by Gasteiger charge is 2.27. The molecule has 3 aromatic rings. The summed E-state index contributed by atoms with van der Waals surface area (Å²) in [5.41, 5.74) is 1.40. The minimum absolute atomic E-state index is 0.00965. The highest BCUT2D eigenvalue weighted by Crippen LogP contribution is 2.25. The van der Waals surface area contributed by atoms with Crippen LogP contribution >= 0.6 is 0 Å². The normalized spacial score (nSPS) is 15.2. The zero-order chi connectivity index (χ0) is 22.7. The van der Waals surface area contributed by atoms with Gasteiger partial charge in [-0.2, -0.15) is 4.31 Å². The number of ether oxygens (including phenoxy) is 2. The largest absolute Gasteiger partial charge is 0.486 e. The lowest BCUT2D eigenvalue weighted by Gasteiger charge is -2.26. The number of fused-ring (bicyclic) bond motifs is 1. The zero-order valence-electron chi connectivity index (χ0n) is 17.6. The number of hydrogen-bond donors (Lipinski definition) is 0. The van der Waals surface area contributed by atoms with E-state index in [9.17, 15) is 18.5 Å². The van der Waals surface area contributed by atoms with Crippen molar-refractivity contribution in [2.24, 2.45) is 0 Å². The molecule has 170 valence electrons. The molecule has 1 aromatic heterocycles. The molecule has 1 aliphatic heterocycles. The number of aryl methyl sites for hydroxylation is 1. The number of imidazole rings is 1. The number of sulfonamides is 1. The van der Waals surface area contributed by atoms with Crippen molar-refractivity contribution in [2.45, 2.75) is 31.4 Å². The molecule has 0 amide bonds. The Morgan fingerprint density at radius 1 is 1.16 bits per heavy atom. The lowest BCUT2D eigenvalue weighted by Crippen LogP contribution is -2.40. The Kier molecular flexibility index (Phi) is 6.40. The molecule has 0 N–H and O–H groups in total. The quantitative estimate of drug-likeness (QED) is 0.375. The van der Waals surface area contributed by atoms with Crippen LogP contribution in [0.5, 0.6) is 5.75 Å². The van der Waals surface area contributed by atoms with Crippen molar-refractivity contribution in [3.63, 3.8) is 0 Å². The Balaban J connectivity index is 1.61. The highest BCUT2D eigenvalue weighted by atomic mass is 32.2. The summed E-state index contributed by atoms with van der Waals surface area (Å²) in [4.78, 5) is 15.2. The van der Waals surface area contributed by atoms with Crippen LogP contribution in [0.25, 0.3) is 11.0 Å². The average Bonchev–Trinajstić information content (AvgIpc) is 3.15. The zero-order valence-corrected chi connectivity index (χ0v) is 18.5. The summed E-state index contributed by atoms with van der Waals surface area (Å²) in [6.07, 6.45) is 0.865. The van der Waals surface area contributed by atoms with Gasteiger partial charge in [-0.15, -0.1) is 0 Å². The molecular formula is C21H24N4O6S. The topological polar surface area (TPSA) is 117 Å². The Hall–Kier alpha value is -3.02. The van der Waals surface area contributed by atoms with E-state index in [1.807, 2.05) is 11.5 Å². The fourth-order valence-corrected chi connectivity index (χ4v) is 5.08. The van der Waals surface area contributed by atoms with E-state index in [1.54, 1.807) is 18.2 Å². The van der Waals surface area contributed by atoms with E-state index in [0.29, 0.717) is 49.9 Å². The number of non-ortho nitro benzene ring substituents is 1. The molecule has 0 spiro atoms. The minimum Gasteiger partial charge on any atom is -0.486 e. The predicted octanol–water partition coefficient (Wildman–Crippen LogP) is 2.95. The number of rotatable bonds is 8. The van der Waals surface area contributed by atoms with Crippen molar-refractivity contribution in [1.29, 1.82) is 0 Å². The van der Waals surface area contributed by atoms with E-state index in [1.165, 1.54) is 28.6 Å². The van der Waals surface area contributed by atoms with Crippen LogP contribution in [-0.2, 0) is 27.9 Å². The van der Waals surface area contributed by atoms with Crippen molar-refractivity contribution in [2.75, 3.05) is 26.3 Å². The van der Waals surface area contributed by atoms with Crippen LogP contribution in [0.1, 0.15) is 19.2 Å². The van der Waals surface area contributed by atoms with Gasteiger partial charge >= 0.3 is 0 Å². The molecule has 0 radical (unpaired) electrons. The van der Waals surface area contributed by atoms with Crippen LogP contribution in [0.15, 0.2) is 47.4 Å². The lowest BCUT2D eigenvalue weighted by atomic mass is 10.3. The molecule has 32 heavy (non-hydrogen) atoms. The monoisotopic (exact) mass is 460 g/mol. The van der Waals surface area contributed by atoms with Gasteiger partial charge in [0.05, 0.1) is 34.1 Å². The average molecular weight is 461 g/mol. The molecule has 2 aromatic carbocycles. The maximum absolute atomic E-state index is 13.0. The second kappa shape index (κ2) is 9.23. The van der Waals surface area contributed by atoms with Crippen LogP contribution in [-0.4, -0.2) is 53.5 Å². The minimum atomic E-state index is -3.62. The summed E-state index contributed by atoms with van der Waals surface area (Å²) >= 11 is 0. The molecule has 0 unspecified atom stereocenters. The van der Waals surface area contributed by atoms with Gasteiger partial charge in [-0.1, -0.05) is 6.92 Å². The molecule has 0 aliphatic carbocycles. The van der Waals surface area contributed by atoms with Gasteiger partial charge in [0.15, 0.2) is 0 Å².